The number of anilines is 3. The molecule has 0 aromatic heterocycles. The van der Waals surface area contributed by atoms with E-state index in [9.17, 15) is 22.8 Å². The molecule has 0 aliphatic carbocycles. The van der Waals surface area contributed by atoms with E-state index in [-0.39, 0.29) is 12.5 Å². The first-order chi connectivity index (χ1) is 18.6. The number of nitrogens with zero attached hydrogens (tertiary/aromatic N) is 1. The molecule has 202 valence electrons. The molecule has 11 heteroatoms. The molecule has 10 nitrogen and oxygen atoms in total. The lowest BCUT2D eigenvalue weighted by Gasteiger charge is -2.22. The van der Waals surface area contributed by atoms with E-state index in [4.69, 9.17) is 4.74 Å². The van der Waals surface area contributed by atoms with Crippen LogP contribution in [0.25, 0.3) is 11.3 Å². The predicted octanol–water partition coefficient (Wildman–Crippen LogP) is 3.31. The third-order valence-electron chi connectivity index (χ3n) is 5.98. The van der Waals surface area contributed by atoms with Gasteiger partial charge in [0, 0.05) is 17.8 Å². The Balaban J connectivity index is 1.73. The van der Waals surface area contributed by atoms with E-state index >= 15 is 0 Å². The Kier molecular flexibility index (Phi) is 8.01. The Bertz CT molecular complexity index is 1550. The van der Waals surface area contributed by atoms with Crippen LogP contribution in [0.1, 0.15) is 28.4 Å². The Morgan fingerprint density at radius 3 is 2.28 bits per heavy atom. The Morgan fingerprint density at radius 1 is 0.974 bits per heavy atom. The molecule has 1 heterocycles. The highest BCUT2D eigenvalue weighted by Gasteiger charge is 2.29. The monoisotopic (exact) mass is 548 g/mol. The maximum Gasteiger partial charge on any atom is 0.337 e. The normalized spacial score (nSPS) is 13.7. The van der Waals surface area contributed by atoms with Crippen LogP contribution in [0.15, 0.2) is 72.8 Å². The van der Waals surface area contributed by atoms with Gasteiger partial charge >= 0.3 is 5.97 Å². The molecule has 4 rings (SSSR count). The summed E-state index contributed by atoms with van der Waals surface area (Å²) in [4.78, 5) is 37.2. The van der Waals surface area contributed by atoms with Gasteiger partial charge in [0.15, 0.2) is 0 Å². The highest BCUT2D eigenvalue weighted by molar-refractivity contribution is 7.92. The van der Waals surface area contributed by atoms with Crippen LogP contribution in [0.3, 0.4) is 0 Å². The van der Waals surface area contributed by atoms with Crippen LogP contribution in [-0.2, 0) is 24.3 Å². The zero-order valence-electron chi connectivity index (χ0n) is 21.6. The number of hydrogen-bond donors (Lipinski definition) is 3. The first-order valence-electron chi connectivity index (χ1n) is 12.1. The molecule has 0 bridgehead atoms. The number of benzene rings is 3. The number of esters is 1. The van der Waals surface area contributed by atoms with Gasteiger partial charge < -0.3 is 20.7 Å². The molecule has 3 aromatic rings. The Labute approximate surface area is 226 Å². The number of carbonyl (C=O) groups is 3. The van der Waals surface area contributed by atoms with Gasteiger partial charge in [0.05, 0.1) is 41.6 Å². The second kappa shape index (κ2) is 11.4. The van der Waals surface area contributed by atoms with Crippen LogP contribution in [0.5, 0.6) is 0 Å². The van der Waals surface area contributed by atoms with Gasteiger partial charge in [-0.05, 0) is 48.9 Å². The Hall–Kier alpha value is -4.64. The van der Waals surface area contributed by atoms with Crippen molar-refractivity contribution in [2.75, 3.05) is 41.4 Å². The SMILES string of the molecule is CCNC(=O)CN(c1ccc(NC(=C2C(=O)Nc3cc(C(=O)OC)ccc32)c2ccccc2)cc1)S(C)(=O)=O. The Morgan fingerprint density at radius 2 is 1.67 bits per heavy atom. The van der Waals surface area contributed by atoms with E-state index in [0.29, 0.717) is 46.0 Å². The van der Waals surface area contributed by atoms with Crippen molar-refractivity contribution in [1.29, 1.82) is 0 Å². The van der Waals surface area contributed by atoms with Gasteiger partial charge in [0.25, 0.3) is 5.91 Å². The number of rotatable bonds is 9. The van der Waals surface area contributed by atoms with Crippen molar-refractivity contribution in [2.45, 2.75) is 6.92 Å². The second-order valence-corrected chi connectivity index (χ2v) is 10.6. The lowest BCUT2D eigenvalue weighted by molar-refractivity contribution is -0.119. The van der Waals surface area contributed by atoms with Crippen molar-refractivity contribution in [3.63, 3.8) is 0 Å². The van der Waals surface area contributed by atoms with Gasteiger partial charge in [-0.15, -0.1) is 0 Å². The van der Waals surface area contributed by atoms with Crippen molar-refractivity contribution < 1.29 is 27.5 Å². The number of likely N-dealkylation sites (N-methyl/N-ethyl adjacent to an activating group) is 1. The third kappa shape index (κ3) is 6.10. The molecule has 0 spiro atoms. The minimum Gasteiger partial charge on any atom is -0.465 e. The molecule has 0 atom stereocenters. The van der Waals surface area contributed by atoms with E-state index in [1.807, 2.05) is 30.3 Å². The van der Waals surface area contributed by atoms with Gasteiger partial charge in [0.1, 0.15) is 6.54 Å². The number of fused-ring (bicyclic) bond motifs is 1. The number of carbonyl (C=O) groups excluding carboxylic acids is 3. The molecule has 39 heavy (non-hydrogen) atoms. The number of nitrogens with one attached hydrogen (secondary N) is 3. The minimum atomic E-state index is -3.72. The molecule has 3 aromatic carbocycles. The molecule has 1 aliphatic rings. The predicted molar refractivity (Wildman–Crippen MR) is 151 cm³/mol. The smallest absolute Gasteiger partial charge is 0.337 e. The summed E-state index contributed by atoms with van der Waals surface area (Å²) in [5.74, 6) is -1.27. The van der Waals surface area contributed by atoms with Gasteiger partial charge in [-0.3, -0.25) is 13.9 Å². The summed E-state index contributed by atoms with van der Waals surface area (Å²) in [5, 5.41) is 8.72. The number of ether oxygens (including phenoxy) is 1. The van der Waals surface area contributed by atoms with Crippen LogP contribution >= 0.6 is 0 Å². The molecule has 0 saturated heterocycles. The summed E-state index contributed by atoms with van der Waals surface area (Å²) in [7, 11) is -2.43. The maximum absolute atomic E-state index is 13.2. The molecule has 0 fully saturated rings. The summed E-state index contributed by atoms with van der Waals surface area (Å²) in [5.41, 5.74) is 3.96. The molecule has 0 unspecified atom stereocenters. The fourth-order valence-corrected chi connectivity index (χ4v) is 5.04. The van der Waals surface area contributed by atoms with Crippen molar-refractivity contribution >= 4 is 56.1 Å². The summed E-state index contributed by atoms with van der Waals surface area (Å²) in [6, 6.07) is 20.6. The minimum absolute atomic E-state index is 0.311. The van der Waals surface area contributed by atoms with Crippen LogP contribution in [0, 0.1) is 0 Å². The number of hydrogen-bond acceptors (Lipinski definition) is 7. The highest BCUT2D eigenvalue weighted by Crippen LogP contribution is 2.38. The fraction of sp³-hybridized carbons (Fsp3) is 0.179. The second-order valence-electron chi connectivity index (χ2n) is 8.72. The van der Waals surface area contributed by atoms with Gasteiger partial charge in [0.2, 0.25) is 15.9 Å². The first kappa shape index (κ1) is 27.4. The number of amides is 2. The van der Waals surface area contributed by atoms with Crippen LogP contribution in [0.2, 0.25) is 0 Å². The summed E-state index contributed by atoms with van der Waals surface area (Å²) in [6.45, 7) is 1.79. The molecule has 1 aliphatic heterocycles. The van der Waals surface area contributed by atoms with E-state index in [1.165, 1.54) is 7.11 Å². The van der Waals surface area contributed by atoms with Crippen molar-refractivity contribution in [3.8, 4) is 0 Å². The average Bonchev–Trinajstić information content (AvgIpc) is 3.25. The molecule has 0 radical (unpaired) electrons. The molecule has 3 N–H and O–H groups in total. The van der Waals surface area contributed by atoms with Crippen LogP contribution < -0.4 is 20.3 Å². The van der Waals surface area contributed by atoms with E-state index in [1.54, 1.807) is 49.4 Å². The van der Waals surface area contributed by atoms with Crippen LogP contribution in [0.4, 0.5) is 17.1 Å². The lowest BCUT2D eigenvalue weighted by atomic mass is 9.99. The summed E-state index contributed by atoms with van der Waals surface area (Å²) < 4.78 is 30.6. The maximum atomic E-state index is 13.2. The van der Waals surface area contributed by atoms with Crippen molar-refractivity contribution in [3.05, 3.63) is 89.5 Å². The topological polar surface area (TPSA) is 134 Å². The van der Waals surface area contributed by atoms with Crippen LogP contribution in [-0.4, -0.2) is 52.7 Å². The zero-order valence-corrected chi connectivity index (χ0v) is 22.5. The van der Waals surface area contributed by atoms with Gasteiger partial charge in [-0.25, -0.2) is 13.2 Å². The standard InChI is InChI=1S/C28H28N4O6S/c1-4-29-24(33)17-32(39(3,36)37)21-13-11-20(12-14-21)30-26(18-8-6-5-7-9-18)25-22-15-10-19(28(35)38-2)16-23(22)31-27(25)34/h5-16,30H,4,17H2,1-3H3,(H,29,33)(H,31,34). The highest BCUT2D eigenvalue weighted by atomic mass is 32.2. The number of sulfonamides is 1. The van der Waals surface area contributed by atoms with Crippen molar-refractivity contribution in [2.24, 2.45) is 0 Å². The zero-order chi connectivity index (χ0) is 28.2. The first-order valence-corrected chi connectivity index (χ1v) is 13.9. The molecule has 2 amide bonds. The largest absolute Gasteiger partial charge is 0.465 e. The molecular formula is C28H28N4O6S. The van der Waals surface area contributed by atoms with Gasteiger partial charge in [-0.1, -0.05) is 36.4 Å². The fourth-order valence-electron chi connectivity index (χ4n) is 4.19. The average molecular weight is 549 g/mol. The van der Waals surface area contributed by atoms with E-state index in [2.05, 4.69) is 16.0 Å². The number of methoxy groups -OCH3 is 1. The van der Waals surface area contributed by atoms with E-state index in [0.717, 1.165) is 16.1 Å². The lowest BCUT2D eigenvalue weighted by Crippen LogP contribution is -2.40. The van der Waals surface area contributed by atoms with E-state index < -0.39 is 21.9 Å². The van der Waals surface area contributed by atoms with Crippen molar-refractivity contribution in [1.82, 2.24) is 5.32 Å². The summed E-state index contributed by atoms with van der Waals surface area (Å²) >= 11 is 0. The third-order valence-corrected chi connectivity index (χ3v) is 7.12. The molecular weight excluding hydrogens is 520 g/mol. The molecule has 0 saturated carbocycles. The summed E-state index contributed by atoms with van der Waals surface area (Å²) in [6.07, 6.45) is 1.04. The quantitative estimate of drug-likeness (QED) is 0.276. The van der Waals surface area contributed by atoms with Gasteiger partial charge in [-0.2, -0.15) is 0 Å².